The molecule has 0 radical (unpaired) electrons. The summed E-state index contributed by atoms with van der Waals surface area (Å²) in [4.78, 5) is 10.5. The molecule has 0 unspecified atom stereocenters. The molecule has 0 fully saturated rings. The second-order valence-corrected chi connectivity index (χ2v) is 3.19. The lowest BCUT2D eigenvalue weighted by molar-refractivity contribution is -0.117. The first-order valence-corrected chi connectivity index (χ1v) is 4.00. The predicted molar refractivity (Wildman–Crippen MR) is 54.3 cm³/mol. The van der Waals surface area contributed by atoms with Crippen molar-refractivity contribution in [2.75, 3.05) is 0 Å². The molecule has 4 heteroatoms. The van der Waals surface area contributed by atoms with Gasteiger partial charge in [0.25, 0.3) is 0 Å². The Morgan fingerprint density at radius 3 is 2.67 bits per heavy atom. The van der Waals surface area contributed by atoms with Crippen LogP contribution < -0.4 is 5.73 Å². The molecule has 2 nitrogen and oxygen atoms in total. The molecule has 66 valence electrons. The van der Waals surface area contributed by atoms with Crippen molar-refractivity contribution >= 4 is 34.2 Å². The Labute approximate surface area is 85.7 Å². The van der Waals surface area contributed by atoms with Gasteiger partial charge in [-0.1, -0.05) is 28.1 Å². The second kappa shape index (κ2) is 5.17. The maximum atomic E-state index is 10.5. The van der Waals surface area contributed by atoms with Gasteiger partial charge in [-0.15, -0.1) is 12.4 Å². The molecule has 0 saturated carbocycles. The minimum absolute atomic E-state index is 0. The molecule has 0 atom stereocenters. The standard InChI is InChI=1S/C8H8BrNO.ClH/c9-7-3-1-2-6(4-7)5-8(10)11;/h1-4H,5H2,(H2,10,11);1H. The number of amides is 1. The summed E-state index contributed by atoms with van der Waals surface area (Å²) in [5.74, 6) is -0.303. The molecule has 1 aromatic carbocycles. The van der Waals surface area contributed by atoms with E-state index in [0.29, 0.717) is 6.42 Å². The summed E-state index contributed by atoms with van der Waals surface area (Å²) in [6.45, 7) is 0. The molecule has 1 amide bonds. The largest absolute Gasteiger partial charge is 0.369 e. The van der Waals surface area contributed by atoms with Gasteiger partial charge in [0.1, 0.15) is 0 Å². The lowest BCUT2D eigenvalue weighted by Crippen LogP contribution is -2.13. The number of halogens is 2. The van der Waals surface area contributed by atoms with E-state index in [1.54, 1.807) is 0 Å². The van der Waals surface area contributed by atoms with Crippen molar-refractivity contribution in [3.63, 3.8) is 0 Å². The molecule has 0 aliphatic carbocycles. The third-order valence-electron chi connectivity index (χ3n) is 1.27. The number of hydrogen-bond donors (Lipinski definition) is 1. The van der Waals surface area contributed by atoms with Crippen molar-refractivity contribution in [3.05, 3.63) is 34.3 Å². The Morgan fingerprint density at radius 1 is 1.50 bits per heavy atom. The van der Waals surface area contributed by atoms with Gasteiger partial charge in [-0.05, 0) is 17.7 Å². The fraction of sp³-hybridized carbons (Fsp3) is 0.125. The smallest absolute Gasteiger partial charge is 0.221 e. The molecule has 0 bridgehead atoms. The fourth-order valence-corrected chi connectivity index (χ4v) is 1.29. The first-order valence-electron chi connectivity index (χ1n) is 3.21. The number of benzene rings is 1. The maximum Gasteiger partial charge on any atom is 0.221 e. The Balaban J connectivity index is 0.00000121. The molecule has 0 saturated heterocycles. The molecule has 2 N–H and O–H groups in total. The van der Waals surface area contributed by atoms with Crippen molar-refractivity contribution in [3.8, 4) is 0 Å². The van der Waals surface area contributed by atoms with Gasteiger partial charge in [-0.25, -0.2) is 0 Å². The quantitative estimate of drug-likeness (QED) is 0.856. The normalized spacial score (nSPS) is 8.75. The van der Waals surface area contributed by atoms with E-state index < -0.39 is 0 Å². The summed E-state index contributed by atoms with van der Waals surface area (Å²) >= 11 is 3.30. The monoisotopic (exact) mass is 249 g/mol. The van der Waals surface area contributed by atoms with E-state index in [1.807, 2.05) is 24.3 Å². The number of rotatable bonds is 2. The fourth-order valence-electron chi connectivity index (χ4n) is 0.848. The van der Waals surface area contributed by atoms with Crippen molar-refractivity contribution in [1.29, 1.82) is 0 Å². The van der Waals surface area contributed by atoms with Crippen LogP contribution in [0.2, 0.25) is 0 Å². The van der Waals surface area contributed by atoms with Gasteiger partial charge in [0, 0.05) is 4.47 Å². The van der Waals surface area contributed by atoms with Crippen molar-refractivity contribution < 1.29 is 4.79 Å². The predicted octanol–water partition coefficient (Wildman–Crippen LogP) is 1.90. The number of carbonyl (C=O) groups is 1. The van der Waals surface area contributed by atoms with E-state index in [4.69, 9.17) is 5.73 Å². The van der Waals surface area contributed by atoms with Crippen LogP contribution in [0.1, 0.15) is 5.56 Å². The molecule has 1 rings (SSSR count). The first kappa shape index (κ1) is 11.5. The van der Waals surface area contributed by atoms with Gasteiger partial charge in [0.2, 0.25) is 5.91 Å². The van der Waals surface area contributed by atoms with Crippen LogP contribution in [0.4, 0.5) is 0 Å². The first-order chi connectivity index (χ1) is 5.18. The Kier molecular flexibility index (Phi) is 4.93. The number of carbonyl (C=O) groups excluding carboxylic acids is 1. The van der Waals surface area contributed by atoms with E-state index in [9.17, 15) is 4.79 Å². The summed E-state index contributed by atoms with van der Waals surface area (Å²) in [7, 11) is 0. The molecule has 0 heterocycles. The Hall–Kier alpha value is -0.540. The third-order valence-corrected chi connectivity index (χ3v) is 1.76. The van der Waals surface area contributed by atoms with Gasteiger partial charge >= 0.3 is 0 Å². The highest BCUT2D eigenvalue weighted by Gasteiger charge is 1.97. The van der Waals surface area contributed by atoms with Crippen molar-refractivity contribution in [2.24, 2.45) is 5.73 Å². The highest BCUT2D eigenvalue weighted by atomic mass is 79.9. The molecule has 0 aromatic heterocycles. The zero-order valence-corrected chi connectivity index (χ0v) is 8.69. The molecule has 1 aromatic rings. The topological polar surface area (TPSA) is 43.1 Å². The van der Waals surface area contributed by atoms with Crippen LogP contribution in [0.3, 0.4) is 0 Å². The van der Waals surface area contributed by atoms with E-state index >= 15 is 0 Å². The molecule has 12 heavy (non-hydrogen) atoms. The van der Waals surface area contributed by atoms with Gasteiger partial charge in [0.15, 0.2) is 0 Å². The van der Waals surface area contributed by atoms with Gasteiger partial charge in [0.05, 0.1) is 6.42 Å². The van der Waals surface area contributed by atoms with E-state index in [-0.39, 0.29) is 18.3 Å². The minimum Gasteiger partial charge on any atom is -0.369 e. The average Bonchev–Trinajstić information content (AvgIpc) is 1.85. The summed E-state index contributed by atoms with van der Waals surface area (Å²) in [5.41, 5.74) is 5.96. The summed E-state index contributed by atoms with van der Waals surface area (Å²) in [5, 5.41) is 0. The zero-order chi connectivity index (χ0) is 8.27. The highest BCUT2D eigenvalue weighted by Crippen LogP contribution is 2.11. The summed E-state index contributed by atoms with van der Waals surface area (Å²) < 4.78 is 0.969. The van der Waals surface area contributed by atoms with Crippen molar-refractivity contribution in [1.82, 2.24) is 0 Å². The van der Waals surface area contributed by atoms with Crippen LogP contribution in [-0.2, 0) is 11.2 Å². The maximum absolute atomic E-state index is 10.5. The molecular weight excluding hydrogens is 241 g/mol. The van der Waals surface area contributed by atoms with E-state index in [0.717, 1.165) is 10.0 Å². The van der Waals surface area contributed by atoms with Crippen LogP contribution in [0.15, 0.2) is 28.7 Å². The lowest BCUT2D eigenvalue weighted by atomic mass is 10.1. The van der Waals surface area contributed by atoms with Crippen molar-refractivity contribution in [2.45, 2.75) is 6.42 Å². The molecule has 0 spiro atoms. The van der Waals surface area contributed by atoms with Crippen LogP contribution >= 0.6 is 28.3 Å². The summed E-state index contributed by atoms with van der Waals surface area (Å²) in [6, 6.07) is 7.53. The van der Waals surface area contributed by atoms with Crippen LogP contribution in [0.5, 0.6) is 0 Å². The third kappa shape index (κ3) is 3.74. The lowest BCUT2D eigenvalue weighted by Gasteiger charge is -1.96. The summed E-state index contributed by atoms with van der Waals surface area (Å²) in [6.07, 6.45) is 0.305. The molecular formula is C8H9BrClNO. The number of primary amides is 1. The second-order valence-electron chi connectivity index (χ2n) is 2.27. The van der Waals surface area contributed by atoms with Crippen LogP contribution in [-0.4, -0.2) is 5.91 Å². The van der Waals surface area contributed by atoms with E-state index in [2.05, 4.69) is 15.9 Å². The minimum atomic E-state index is -0.303. The van der Waals surface area contributed by atoms with E-state index in [1.165, 1.54) is 0 Å². The Bertz CT molecular complexity index is 278. The Morgan fingerprint density at radius 2 is 2.17 bits per heavy atom. The number of hydrogen-bond acceptors (Lipinski definition) is 1. The average molecular weight is 251 g/mol. The number of nitrogens with two attached hydrogens (primary N) is 1. The van der Waals surface area contributed by atoms with Gasteiger partial charge in [-0.3, -0.25) is 4.79 Å². The van der Waals surface area contributed by atoms with Crippen LogP contribution in [0, 0.1) is 0 Å². The highest BCUT2D eigenvalue weighted by molar-refractivity contribution is 9.10. The molecule has 0 aliphatic heterocycles. The SMILES string of the molecule is Cl.NC(=O)Cc1cccc(Br)c1. The van der Waals surface area contributed by atoms with Gasteiger partial charge in [-0.2, -0.15) is 0 Å². The van der Waals surface area contributed by atoms with Gasteiger partial charge < -0.3 is 5.73 Å². The van der Waals surface area contributed by atoms with Crippen LogP contribution in [0.25, 0.3) is 0 Å². The molecule has 0 aliphatic rings. The zero-order valence-electron chi connectivity index (χ0n) is 6.29.